The molecule has 4 aromatic rings. The van der Waals surface area contributed by atoms with Gasteiger partial charge in [-0.1, -0.05) is 138 Å². The Morgan fingerprint density at radius 1 is 0.457 bits per heavy atom. The van der Waals surface area contributed by atoms with Gasteiger partial charge in [0.15, 0.2) is 0 Å². The molecule has 0 radical (unpaired) electrons. The maximum atomic E-state index is 9.00. The van der Waals surface area contributed by atoms with Crippen molar-refractivity contribution in [1.29, 1.82) is 0 Å². The first kappa shape index (κ1) is 32.3. The number of hydrogen-bond acceptors (Lipinski definition) is 2. The van der Waals surface area contributed by atoms with Gasteiger partial charge in [0.2, 0.25) is 0 Å². The quantitative estimate of drug-likeness (QED) is 0.261. The Morgan fingerprint density at radius 3 is 0.743 bits per heavy atom. The minimum absolute atomic E-state index is 0. The molecule has 0 spiro atoms. The Morgan fingerprint density at radius 2 is 0.600 bits per heavy atom. The first-order valence-electron chi connectivity index (χ1n) is 10.5. The first-order chi connectivity index (χ1) is 16.4. The van der Waals surface area contributed by atoms with E-state index in [1.54, 1.807) is 0 Å². The molecule has 0 heterocycles. The van der Waals surface area contributed by atoms with Gasteiger partial charge in [-0.3, -0.25) is 9.59 Å². The number of carbonyl (C=O) groups is 2. The zero-order chi connectivity index (χ0) is 25.0. The molecule has 0 aliphatic heterocycles. The largest absolute Gasteiger partial charge is 0.481 e. The average Bonchev–Trinajstić information content (AvgIpc) is 2.82. The van der Waals surface area contributed by atoms with Crippen molar-refractivity contribution in [3.8, 4) is 0 Å². The number of benzene rings is 4. The van der Waals surface area contributed by atoms with Crippen molar-refractivity contribution in [1.82, 2.24) is 0 Å². The third-order valence-corrected chi connectivity index (χ3v) is 6.16. The van der Waals surface area contributed by atoms with Gasteiger partial charge in [0.05, 0.1) is 0 Å². The monoisotopic (exact) mass is 598 g/mol. The normalized spacial score (nSPS) is 8.74. The van der Waals surface area contributed by atoms with Crippen LogP contribution in [0.1, 0.15) is 13.8 Å². The summed E-state index contributed by atoms with van der Waals surface area (Å²) in [6, 6.07) is 42.3. The number of aliphatic carboxylic acids is 2. The van der Waals surface area contributed by atoms with Gasteiger partial charge < -0.3 is 10.2 Å². The molecule has 4 aromatic carbocycles. The summed E-state index contributed by atoms with van der Waals surface area (Å²) in [4.78, 5) is 18.0. The van der Waals surface area contributed by atoms with Crippen molar-refractivity contribution in [2.24, 2.45) is 0 Å². The van der Waals surface area contributed by atoms with Gasteiger partial charge in [-0.25, -0.2) is 0 Å². The molecule has 0 aromatic heterocycles. The molecule has 0 bridgehead atoms. The summed E-state index contributed by atoms with van der Waals surface area (Å²) in [7, 11) is 1.55. The van der Waals surface area contributed by atoms with Gasteiger partial charge in [0, 0.05) is 34.3 Å². The molecule has 7 heteroatoms. The van der Waals surface area contributed by atoms with E-state index in [9.17, 15) is 0 Å². The van der Waals surface area contributed by atoms with E-state index in [2.05, 4.69) is 121 Å². The van der Waals surface area contributed by atoms with Crippen LogP contribution in [-0.2, 0) is 30.0 Å². The summed E-state index contributed by atoms with van der Waals surface area (Å²) in [6.45, 7) is 2.17. The van der Waals surface area contributed by atoms with E-state index in [-0.39, 0.29) is 20.4 Å². The van der Waals surface area contributed by atoms with Crippen LogP contribution in [0.3, 0.4) is 0 Å². The Bertz CT molecular complexity index is 893. The zero-order valence-corrected chi connectivity index (χ0v) is 23.1. The van der Waals surface area contributed by atoms with Crippen LogP contribution in [0.25, 0.3) is 0 Å². The third kappa shape index (κ3) is 19.4. The number of hydrogen-bond donors (Lipinski definition) is 2. The molecule has 4 nitrogen and oxygen atoms in total. The zero-order valence-electron chi connectivity index (χ0n) is 19.6. The maximum absolute atomic E-state index is 9.00. The van der Waals surface area contributed by atoms with Crippen LogP contribution in [0.4, 0.5) is 0 Å². The van der Waals surface area contributed by atoms with E-state index in [0.717, 1.165) is 31.0 Å². The van der Waals surface area contributed by atoms with Gasteiger partial charge in [0.1, 0.15) is 0 Å². The fourth-order valence-corrected chi connectivity index (χ4v) is 4.52. The van der Waals surface area contributed by atoms with Gasteiger partial charge >= 0.3 is 0 Å². The summed E-state index contributed by atoms with van der Waals surface area (Å²) >= 11 is 0. The van der Waals surface area contributed by atoms with E-state index >= 15 is 0 Å². The second-order valence-electron chi connectivity index (χ2n) is 6.75. The molecule has 0 unspecified atom stereocenters. The van der Waals surface area contributed by atoms with Crippen molar-refractivity contribution in [3.05, 3.63) is 121 Å². The van der Waals surface area contributed by atoms with Crippen molar-refractivity contribution < 1.29 is 40.2 Å². The van der Waals surface area contributed by atoms with Crippen LogP contribution in [0.5, 0.6) is 0 Å². The predicted molar refractivity (Wildman–Crippen MR) is 148 cm³/mol. The Balaban J connectivity index is 0.000000499. The SMILES string of the molecule is CC(=O)O.CC(=O)O.[Pd].c1ccc(Pc2ccccc2)cc1.c1ccc(Pc2ccccc2)cc1. The van der Waals surface area contributed by atoms with Crippen LogP contribution < -0.4 is 21.2 Å². The van der Waals surface area contributed by atoms with Crippen molar-refractivity contribution in [2.45, 2.75) is 13.8 Å². The number of carboxylic acid groups (broad SMARTS) is 2. The summed E-state index contributed by atoms with van der Waals surface area (Å²) < 4.78 is 0. The number of rotatable bonds is 4. The molecule has 0 saturated heterocycles. The van der Waals surface area contributed by atoms with Gasteiger partial charge in [-0.05, 0) is 21.2 Å². The summed E-state index contributed by atoms with van der Waals surface area (Å²) in [5.74, 6) is -1.67. The molecule has 0 amide bonds. The summed E-state index contributed by atoms with van der Waals surface area (Å²) in [5, 5.41) is 20.4. The van der Waals surface area contributed by atoms with Gasteiger partial charge in [-0.2, -0.15) is 0 Å². The molecule has 0 aliphatic carbocycles. The van der Waals surface area contributed by atoms with Crippen LogP contribution >= 0.6 is 17.2 Å². The molecule has 2 N–H and O–H groups in total. The molecular formula is C28H30O4P2Pd. The van der Waals surface area contributed by atoms with E-state index < -0.39 is 11.9 Å². The minimum atomic E-state index is -0.833. The second kappa shape index (κ2) is 20.7. The molecule has 186 valence electrons. The molecule has 4 rings (SSSR count). The van der Waals surface area contributed by atoms with Crippen LogP contribution in [0.2, 0.25) is 0 Å². The third-order valence-electron chi connectivity index (χ3n) is 3.67. The molecule has 35 heavy (non-hydrogen) atoms. The van der Waals surface area contributed by atoms with Crippen LogP contribution in [0, 0.1) is 0 Å². The topological polar surface area (TPSA) is 74.6 Å². The standard InChI is InChI=1S/2C12H11P.2C2H4O2.Pd/c2*1-3-7-11(8-4-1)13-12-9-5-2-6-10-12;2*1-2(3)4;/h2*1-10,13H;2*1H3,(H,3,4);. The maximum Gasteiger partial charge on any atom is 0.300 e. The molecule has 0 fully saturated rings. The fraction of sp³-hybridized carbons (Fsp3) is 0.0714. The average molecular weight is 599 g/mol. The Hall–Kier alpha value is -2.66. The molecule has 0 atom stereocenters. The molecule has 0 aliphatic rings. The fourth-order valence-electron chi connectivity index (χ4n) is 2.42. The van der Waals surface area contributed by atoms with E-state index in [1.807, 2.05) is 0 Å². The first-order valence-corrected chi connectivity index (χ1v) is 12.5. The van der Waals surface area contributed by atoms with E-state index in [0.29, 0.717) is 0 Å². The second-order valence-corrected chi connectivity index (χ2v) is 9.56. The van der Waals surface area contributed by atoms with Crippen LogP contribution in [0.15, 0.2) is 121 Å². The van der Waals surface area contributed by atoms with Crippen molar-refractivity contribution >= 4 is 50.3 Å². The van der Waals surface area contributed by atoms with Crippen LogP contribution in [-0.4, -0.2) is 22.2 Å². The van der Waals surface area contributed by atoms with Crippen molar-refractivity contribution in [2.75, 3.05) is 0 Å². The predicted octanol–water partition coefficient (Wildman–Crippen LogP) is 4.81. The summed E-state index contributed by atoms with van der Waals surface area (Å²) in [5.41, 5.74) is 0. The van der Waals surface area contributed by atoms with E-state index in [4.69, 9.17) is 19.8 Å². The summed E-state index contributed by atoms with van der Waals surface area (Å²) in [6.07, 6.45) is 0. The Labute approximate surface area is 225 Å². The van der Waals surface area contributed by atoms with Gasteiger partial charge in [-0.15, -0.1) is 0 Å². The van der Waals surface area contributed by atoms with Gasteiger partial charge in [0.25, 0.3) is 11.9 Å². The van der Waals surface area contributed by atoms with E-state index in [1.165, 1.54) is 21.2 Å². The molecule has 0 saturated carbocycles. The Kier molecular flexibility index (Phi) is 19.1. The number of carboxylic acids is 2. The van der Waals surface area contributed by atoms with Crippen molar-refractivity contribution in [3.63, 3.8) is 0 Å². The minimum Gasteiger partial charge on any atom is -0.481 e. The molecular weight excluding hydrogens is 569 g/mol. The smallest absolute Gasteiger partial charge is 0.300 e.